The molecule has 60 valence electrons. The Hall–Kier alpha value is -1.32. The third-order valence-electron chi connectivity index (χ3n) is 1.13. The van der Waals surface area contributed by atoms with E-state index in [1.807, 2.05) is 6.92 Å². The van der Waals surface area contributed by atoms with Gasteiger partial charge in [0.25, 0.3) is 0 Å². The molecular formula is C7H11N3O. The molecule has 0 aliphatic carbocycles. The number of nitrogens with zero attached hydrogens (tertiary/aromatic N) is 2. The summed E-state index contributed by atoms with van der Waals surface area (Å²) >= 11 is 0. The standard InChI is InChI=1S/C7H11N3O/c1-3-11-7-4-6(8)9-5(2)10-7/h4H,3H2,1-2H3,(H2,8,9,10). The van der Waals surface area contributed by atoms with E-state index in [4.69, 9.17) is 10.5 Å². The molecule has 0 unspecified atom stereocenters. The summed E-state index contributed by atoms with van der Waals surface area (Å²) in [6.45, 7) is 4.27. The van der Waals surface area contributed by atoms with Gasteiger partial charge in [-0.15, -0.1) is 0 Å². The largest absolute Gasteiger partial charge is 0.478 e. The Bertz CT molecular complexity index is 229. The van der Waals surface area contributed by atoms with Gasteiger partial charge in [0, 0.05) is 6.07 Å². The fraction of sp³-hybridized carbons (Fsp3) is 0.429. The summed E-state index contributed by atoms with van der Waals surface area (Å²) in [5.41, 5.74) is 5.46. The first-order valence-corrected chi connectivity index (χ1v) is 3.46. The minimum absolute atomic E-state index is 0.445. The molecule has 0 aromatic carbocycles. The molecule has 4 nitrogen and oxygen atoms in total. The third kappa shape index (κ3) is 2.07. The maximum atomic E-state index is 5.46. The van der Waals surface area contributed by atoms with Gasteiger partial charge < -0.3 is 10.5 Å². The van der Waals surface area contributed by atoms with Crippen LogP contribution in [0.15, 0.2) is 6.07 Å². The van der Waals surface area contributed by atoms with Gasteiger partial charge in [0.05, 0.1) is 6.61 Å². The zero-order valence-electron chi connectivity index (χ0n) is 6.66. The Labute approximate surface area is 65.4 Å². The van der Waals surface area contributed by atoms with Crippen LogP contribution in [-0.2, 0) is 0 Å². The van der Waals surface area contributed by atoms with Crippen LogP contribution < -0.4 is 10.5 Å². The summed E-state index contributed by atoms with van der Waals surface area (Å²) in [5, 5.41) is 0. The van der Waals surface area contributed by atoms with E-state index in [9.17, 15) is 0 Å². The van der Waals surface area contributed by atoms with Crippen LogP contribution >= 0.6 is 0 Å². The van der Waals surface area contributed by atoms with Gasteiger partial charge in [-0.1, -0.05) is 0 Å². The van der Waals surface area contributed by atoms with Crippen molar-refractivity contribution in [1.82, 2.24) is 9.97 Å². The lowest BCUT2D eigenvalue weighted by Crippen LogP contribution is -2.00. The number of hydrogen-bond acceptors (Lipinski definition) is 4. The van der Waals surface area contributed by atoms with Gasteiger partial charge in [0.2, 0.25) is 5.88 Å². The maximum Gasteiger partial charge on any atom is 0.218 e. The zero-order valence-corrected chi connectivity index (χ0v) is 6.66. The molecule has 0 fully saturated rings. The summed E-state index contributed by atoms with van der Waals surface area (Å²) in [5.74, 6) is 1.62. The predicted molar refractivity (Wildman–Crippen MR) is 42.4 cm³/mol. The van der Waals surface area contributed by atoms with E-state index in [0.29, 0.717) is 24.1 Å². The second kappa shape index (κ2) is 3.18. The molecule has 4 heteroatoms. The Balaban J connectivity index is 2.89. The molecule has 0 aliphatic rings. The van der Waals surface area contributed by atoms with Gasteiger partial charge in [-0.3, -0.25) is 0 Å². The van der Waals surface area contributed by atoms with E-state index in [-0.39, 0.29) is 0 Å². The summed E-state index contributed by atoms with van der Waals surface area (Å²) < 4.78 is 5.14. The first-order valence-electron chi connectivity index (χ1n) is 3.46. The summed E-state index contributed by atoms with van der Waals surface area (Å²) in [6, 6.07) is 1.61. The molecule has 1 rings (SSSR count). The first kappa shape index (κ1) is 7.78. The number of aryl methyl sites for hydroxylation is 1. The Morgan fingerprint density at radius 3 is 2.82 bits per heavy atom. The van der Waals surface area contributed by atoms with Crippen molar-refractivity contribution >= 4 is 5.82 Å². The molecule has 0 atom stereocenters. The van der Waals surface area contributed by atoms with E-state index < -0.39 is 0 Å². The topological polar surface area (TPSA) is 61.0 Å². The van der Waals surface area contributed by atoms with Crippen LogP contribution in [0, 0.1) is 6.92 Å². The van der Waals surface area contributed by atoms with Crippen LogP contribution in [0.2, 0.25) is 0 Å². The van der Waals surface area contributed by atoms with Crippen molar-refractivity contribution in [1.29, 1.82) is 0 Å². The van der Waals surface area contributed by atoms with E-state index in [0.717, 1.165) is 0 Å². The Kier molecular flexibility index (Phi) is 2.25. The fourth-order valence-corrected chi connectivity index (χ4v) is 0.784. The van der Waals surface area contributed by atoms with Gasteiger partial charge in [-0.05, 0) is 13.8 Å². The lowest BCUT2D eigenvalue weighted by atomic mass is 10.5. The predicted octanol–water partition coefficient (Wildman–Crippen LogP) is 0.766. The highest BCUT2D eigenvalue weighted by Crippen LogP contribution is 2.09. The Morgan fingerprint density at radius 1 is 1.55 bits per heavy atom. The molecule has 1 heterocycles. The maximum absolute atomic E-state index is 5.46. The van der Waals surface area contributed by atoms with Gasteiger partial charge in [0.15, 0.2) is 0 Å². The van der Waals surface area contributed by atoms with E-state index in [1.54, 1.807) is 13.0 Å². The number of rotatable bonds is 2. The van der Waals surface area contributed by atoms with Crippen molar-refractivity contribution in [2.75, 3.05) is 12.3 Å². The molecule has 1 aromatic heterocycles. The molecule has 2 N–H and O–H groups in total. The monoisotopic (exact) mass is 153 g/mol. The van der Waals surface area contributed by atoms with E-state index in [2.05, 4.69) is 9.97 Å². The van der Waals surface area contributed by atoms with Gasteiger partial charge in [-0.25, -0.2) is 4.98 Å². The Morgan fingerprint density at radius 2 is 2.27 bits per heavy atom. The van der Waals surface area contributed by atoms with Gasteiger partial charge in [-0.2, -0.15) is 4.98 Å². The van der Waals surface area contributed by atoms with Crippen LogP contribution in [0.4, 0.5) is 5.82 Å². The molecule has 0 amide bonds. The second-order valence-electron chi connectivity index (χ2n) is 2.11. The molecule has 0 saturated carbocycles. The summed E-state index contributed by atoms with van der Waals surface area (Å²) in [7, 11) is 0. The summed E-state index contributed by atoms with van der Waals surface area (Å²) in [4.78, 5) is 7.91. The normalized spacial score (nSPS) is 9.64. The van der Waals surface area contributed by atoms with Crippen LogP contribution in [0.1, 0.15) is 12.7 Å². The number of aromatic nitrogens is 2. The molecule has 0 radical (unpaired) electrons. The van der Waals surface area contributed by atoms with Crippen molar-refractivity contribution in [3.05, 3.63) is 11.9 Å². The van der Waals surface area contributed by atoms with Crippen molar-refractivity contribution in [2.24, 2.45) is 0 Å². The highest BCUT2D eigenvalue weighted by molar-refractivity contribution is 5.32. The first-order chi connectivity index (χ1) is 5.22. The van der Waals surface area contributed by atoms with E-state index >= 15 is 0 Å². The highest BCUT2D eigenvalue weighted by Gasteiger charge is 1.97. The molecular weight excluding hydrogens is 142 g/mol. The number of ether oxygens (including phenoxy) is 1. The van der Waals surface area contributed by atoms with Crippen molar-refractivity contribution in [2.45, 2.75) is 13.8 Å². The van der Waals surface area contributed by atoms with Gasteiger partial charge >= 0.3 is 0 Å². The molecule has 0 saturated heterocycles. The number of nitrogens with two attached hydrogens (primary N) is 1. The van der Waals surface area contributed by atoms with Crippen molar-refractivity contribution in [3.8, 4) is 5.88 Å². The average Bonchev–Trinajstić information content (AvgIpc) is 1.85. The van der Waals surface area contributed by atoms with Gasteiger partial charge in [0.1, 0.15) is 11.6 Å². The number of anilines is 1. The average molecular weight is 153 g/mol. The number of nitrogen functional groups attached to an aromatic ring is 1. The minimum atomic E-state index is 0.445. The zero-order chi connectivity index (χ0) is 8.27. The quantitative estimate of drug-likeness (QED) is 0.681. The number of hydrogen-bond donors (Lipinski definition) is 1. The third-order valence-corrected chi connectivity index (χ3v) is 1.13. The molecule has 0 aliphatic heterocycles. The molecule has 0 bridgehead atoms. The van der Waals surface area contributed by atoms with E-state index in [1.165, 1.54) is 0 Å². The molecule has 0 spiro atoms. The lowest BCUT2D eigenvalue weighted by Gasteiger charge is -2.02. The van der Waals surface area contributed by atoms with Crippen molar-refractivity contribution < 1.29 is 4.74 Å². The lowest BCUT2D eigenvalue weighted by molar-refractivity contribution is 0.325. The van der Waals surface area contributed by atoms with Crippen LogP contribution in [-0.4, -0.2) is 16.6 Å². The minimum Gasteiger partial charge on any atom is -0.478 e. The fourth-order valence-electron chi connectivity index (χ4n) is 0.784. The van der Waals surface area contributed by atoms with Crippen molar-refractivity contribution in [3.63, 3.8) is 0 Å². The second-order valence-corrected chi connectivity index (χ2v) is 2.11. The van der Waals surface area contributed by atoms with Crippen LogP contribution in [0.5, 0.6) is 5.88 Å². The van der Waals surface area contributed by atoms with Crippen LogP contribution in [0.3, 0.4) is 0 Å². The smallest absolute Gasteiger partial charge is 0.218 e. The highest BCUT2D eigenvalue weighted by atomic mass is 16.5. The molecule has 1 aromatic rings. The SMILES string of the molecule is CCOc1cc(N)nc(C)n1. The summed E-state index contributed by atoms with van der Waals surface area (Å²) in [6.07, 6.45) is 0. The molecule has 11 heavy (non-hydrogen) atoms. The van der Waals surface area contributed by atoms with Crippen LogP contribution in [0.25, 0.3) is 0 Å².